The zero-order chi connectivity index (χ0) is 16.8. The number of nitrogens with zero attached hydrogens (tertiary/aromatic N) is 2. The van der Waals surface area contributed by atoms with Gasteiger partial charge in [0, 0.05) is 26.1 Å². The molecule has 2 aliphatic rings. The Morgan fingerprint density at radius 2 is 1.88 bits per heavy atom. The van der Waals surface area contributed by atoms with Crippen LogP contribution in [-0.4, -0.2) is 56.7 Å². The van der Waals surface area contributed by atoms with Crippen molar-refractivity contribution in [1.29, 1.82) is 0 Å². The number of carbonyl (C=O) groups excluding carboxylic acids is 1. The van der Waals surface area contributed by atoms with E-state index in [9.17, 15) is 4.79 Å². The molecule has 0 atom stereocenters. The van der Waals surface area contributed by atoms with Gasteiger partial charge in [0.1, 0.15) is 0 Å². The van der Waals surface area contributed by atoms with E-state index in [4.69, 9.17) is 4.74 Å². The van der Waals surface area contributed by atoms with E-state index in [-0.39, 0.29) is 5.91 Å². The molecule has 5 nitrogen and oxygen atoms in total. The molecule has 0 aliphatic carbocycles. The highest BCUT2D eigenvalue weighted by Gasteiger charge is 2.18. The first kappa shape index (κ1) is 17.2. The molecule has 5 heteroatoms. The number of para-hydroxylation sites is 2. The fourth-order valence-corrected chi connectivity index (χ4v) is 3.42. The highest BCUT2D eigenvalue weighted by atomic mass is 16.5. The summed E-state index contributed by atoms with van der Waals surface area (Å²) in [7, 11) is 0. The van der Waals surface area contributed by atoms with Crippen molar-refractivity contribution in [3.05, 3.63) is 24.3 Å². The molecule has 0 aromatic heterocycles. The van der Waals surface area contributed by atoms with Crippen molar-refractivity contribution in [1.82, 2.24) is 4.90 Å². The third kappa shape index (κ3) is 4.71. The molecule has 132 valence electrons. The first-order valence-electron chi connectivity index (χ1n) is 9.16. The Kier molecular flexibility index (Phi) is 6.10. The molecule has 24 heavy (non-hydrogen) atoms. The number of rotatable bonds is 5. The van der Waals surface area contributed by atoms with Crippen LogP contribution in [0, 0.1) is 5.92 Å². The van der Waals surface area contributed by atoms with Gasteiger partial charge in [-0.2, -0.15) is 0 Å². The van der Waals surface area contributed by atoms with Gasteiger partial charge in [-0.25, -0.2) is 0 Å². The van der Waals surface area contributed by atoms with E-state index in [1.165, 1.54) is 12.8 Å². The molecule has 0 saturated carbocycles. The number of ether oxygens (including phenoxy) is 1. The normalized spacial score (nSPS) is 20.1. The largest absolute Gasteiger partial charge is 0.378 e. The van der Waals surface area contributed by atoms with Crippen LogP contribution in [0.4, 0.5) is 11.4 Å². The second kappa shape index (κ2) is 8.49. The summed E-state index contributed by atoms with van der Waals surface area (Å²) < 4.78 is 5.42. The Labute approximate surface area is 145 Å². The minimum absolute atomic E-state index is 0.106. The van der Waals surface area contributed by atoms with Crippen molar-refractivity contribution in [2.24, 2.45) is 5.92 Å². The number of piperidine rings is 1. The number of amides is 1. The Balaban J connectivity index is 1.52. The van der Waals surface area contributed by atoms with Gasteiger partial charge in [-0.1, -0.05) is 19.1 Å². The highest BCUT2D eigenvalue weighted by Crippen LogP contribution is 2.26. The van der Waals surface area contributed by atoms with Gasteiger partial charge in [0.05, 0.1) is 24.6 Å². The van der Waals surface area contributed by atoms with Crippen LogP contribution in [0.5, 0.6) is 0 Å². The van der Waals surface area contributed by atoms with Crippen LogP contribution in [0.1, 0.15) is 26.2 Å². The summed E-state index contributed by atoms with van der Waals surface area (Å²) in [5.41, 5.74) is 2.01. The number of morpholine rings is 1. The van der Waals surface area contributed by atoms with Crippen molar-refractivity contribution < 1.29 is 9.53 Å². The molecule has 3 rings (SSSR count). The second-order valence-electron chi connectivity index (χ2n) is 6.94. The second-order valence-corrected chi connectivity index (χ2v) is 6.94. The van der Waals surface area contributed by atoms with E-state index in [1.54, 1.807) is 0 Å². The summed E-state index contributed by atoms with van der Waals surface area (Å²) in [6.07, 6.45) is 3.06. The van der Waals surface area contributed by atoms with E-state index in [2.05, 4.69) is 28.1 Å². The minimum Gasteiger partial charge on any atom is -0.378 e. The Morgan fingerprint density at radius 1 is 1.17 bits per heavy atom. The van der Waals surface area contributed by atoms with Crippen LogP contribution >= 0.6 is 0 Å². The zero-order valence-corrected chi connectivity index (χ0v) is 14.7. The lowest BCUT2D eigenvalue weighted by Crippen LogP contribution is -2.37. The molecule has 2 saturated heterocycles. The van der Waals surface area contributed by atoms with Gasteiger partial charge in [0.2, 0.25) is 5.91 Å². The van der Waals surface area contributed by atoms with Crippen LogP contribution in [-0.2, 0) is 9.53 Å². The Hall–Kier alpha value is -1.59. The van der Waals surface area contributed by atoms with Crippen LogP contribution < -0.4 is 10.2 Å². The highest BCUT2D eigenvalue weighted by molar-refractivity contribution is 5.94. The molecule has 2 fully saturated rings. The maximum absolute atomic E-state index is 12.4. The predicted octanol–water partition coefficient (Wildman–Crippen LogP) is 2.58. The summed E-state index contributed by atoms with van der Waals surface area (Å²) in [4.78, 5) is 17.1. The maximum atomic E-state index is 12.4. The summed E-state index contributed by atoms with van der Waals surface area (Å²) in [5.74, 6) is 0.935. The van der Waals surface area contributed by atoms with Crippen LogP contribution in [0.3, 0.4) is 0 Å². The maximum Gasteiger partial charge on any atom is 0.225 e. The van der Waals surface area contributed by atoms with E-state index >= 15 is 0 Å². The first-order valence-corrected chi connectivity index (χ1v) is 9.16. The van der Waals surface area contributed by atoms with Gasteiger partial charge in [-0.15, -0.1) is 0 Å². The molecule has 1 aromatic carbocycles. The average molecular weight is 331 g/mol. The smallest absolute Gasteiger partial charge is 0.225 e. The topological polar surface area (TPSA) is 44.8 Å². The van der Waals surface area contributed by atoms with Crippen LogP contribution in [0.25, 0.3) is 0 Å². The van der Waals surface area contributed by atoms with Crippen molar-refractivity contribution >= 4 is 17.3 Å². The molecule has 1 N–H and O–H groups in total. The summed E-state index contributed by atoms with van der Waals surface area (Å²) in [6, 6.07) is 8.07. The lowest BCUT2D eigenvalue weighted by molar-refractivity contribution is -0.116. The zero-order valence-electron chi connectivity index (χ0n) is 14.7. The molecule has 0 unspecified atom stereocenters. The number of likely N-dealkylation sites (tertiary alicyclic amines) is 1. The molecule has 1 amide bonds. The van der Waals surface area contributed by atoms with Gasteiger partial charge >= 0.3 is 0 Å². The molecular formula is C19H29N3O2. The third-order valence-corrected chi connectivity index (χ3v) is 5.06. The van der Waals surface area contributed by atoms with Crippen molar-refractivity contribution in [3.63, 3.8) is 0 Å². The lowest BCUT2D eigenvalue weighted by Gasteiger charge is -2.31. The Bertz CT molecular complexity index is 535. The summed E-state index contributed by atoms with van der Waals surface area (Å²) in [5, 5.41) is 3.11. The van der Waals surface area contributed by atoms with E-state index in [0.29, 0.717) is 6.42 Å². The van der Waals surface area contributed by atoms with Crippen molar-refractivity contribution in [2.45, 2.75) is 26.2 Å². The predicted molar refractivity (Wildman–Crippen MR) is 97.6 cm³/mol. The van der Waals surface area contributed by atoms with Gasteiger partial charge in [0.25, 0.3) is 0 Å². The number of nitrogens with one attached hydrogen (secondary N) is 1. The first-order chi connectivity index (χ1) is 11.7. The summed E-state index contributed by atoms with van der Waals surface area (Å²) >= 11 is 0. The number of hydrogen-bond acceptors (Lipinski definition) is 4. The third-order valence-electron chi connectivity index (χ3n) is 5.06. The molecule has 0 spiro atoms. The molecule has 0 bridgehead atoms. The monoisotopic (exact) mass is 331 g/mol. The average Bonchev–Trinajstić information content (AvgIpc) is 2.62. The standard InChI is InChI=1S/C19H29N3O2/c1-16-6-9-21(10-7-16)11-8-19(23)20-17-4-2-3-5-18(17)22-12-14-24-15-13-22/h2-5,16H,6-15H2,1H3,(H,20,23). The number of anilines is 2. The molecule has 2 heterocycles. The van der Waals surface area contributed by atoms with E-state index in [1.807, 2.05) is 18.2 Å². The fraction of sp³-hybridized carbons (Fsp3) is 0.632. The van der Waals surface area contributed by atoms with Crippen LogP contribution in [0.2, 0.25) is 0 Å². The molecule has 1 aromatic rings. The van der Waals surface area contributed by atoms with E-state index < -0.39 is 0 Å². The number of benzene rings is 1. The van der Waals surface area contributed by atoms with Crippen molar-refractivity contribution in [3.8, 4) is 0 Å². The van der Waals surface area contributed by atoms with Gasteiger partial charge in [-0.05, 0) is 44.0 Å². The van der Waals surface area contributed by atoms with Crippen LogP contribution in [0.15, 0.2) is 24.3 Å². The fourth-order valence-electron chi connectivity index (χ4n) is 3.42. The molecule has 0 radical (unpaired) electrons. The van der Waals surface area contributed by atoms with Gasteiger partial charge in [0.15, 0.2) is 0 Å². The number of carbonyl (C=O) groups is 1. The Morgan fingerprint density at radius 3 is 2.62 bits per heavy atom. The van der Waals surface area contributed by atoms with E-state index in [0.717, 1.165) is 63.2 Å². The summed E-state index contributed by atoms with van der Waals surface area (Å²) in [6.45, 7) is 8.66. The SMILES string of the molecule is CC1CCN(CCC(=O)Nc2ccccc2N2CCOCC2)CC1. The lowest BCUT2D eigenvalue weighted by atomic mass is 9.99. The minimum atomic E-state index is 0.106. The number of hydrogen-bond donors (Lipinski definition) is 1. The molecule has 2 aliphatic heterocycles. The quantitative estimate of drug-likeness (QED) is 0.901. The van der Waals surface area contributed by atoms with Gasteiger partial charge < -0.3 is 19.9 Å². The molecular weight excluding hydrogens is 302 g/mol. The van der Waals surface area contributed by atoms with Crippen molar-refractivity contribution in [2.75, 3.05) is 56.2 Å². The van der Waals surface area contributed by atoms with Gasteiger partial charge in [-0.3, -0.25) is 4.79 Å².